The first kappa shape index (κ1) is 17.7. The summed E-state index contributed by atoms with van der Waals surface area (Å²) in [5.41, 5.74) is 0.292. The Balaban J connectivity index is 1.34. The molecule has 0 saturated carbocycles. The van der Waals surface area contributed by atoms with Gasteiger partial charge in [0.15, 0.2) is 5.82 Å². The molecule has 2 atom stereocenters. The van der Waals surface area contributed by atoms with Crippen LogP contribution in [0.5, 0.6) is 0 Å². The maximum atomic E-state index is 14.6. The molecule has 4 heterocycles. The van der Waals surface area contributed by atoms with Crippen LogP contribution >= 0.6 is 0 Å². The molecule has 0 radical (unpaired) electrons. The molecule has 148 valence electrons. The van der Waals surface area contributed by atoms with Crippen LogP contribution in [0.3, 0.4) is 0 Å². The van der Waals surface area contributed by atoms with Crippen LogP contribution in [-0.4, -0.2) is 61.9 Å². The fourth-order valence-electron chi connectivity index (χ4n) is 4.18. The highest BCUT2D eigenvalue weighted by atomic mass is 19.1. The summed E-state index contributed by atoms with van der Waals surface area (Å²) in [6, 6.07) is 4.43. The van der Waals surface area contributed by atoms with E-state index in [4.69, 9.17) is 0 Å². The smallest absolute Gasteiger partial charge is 0.259 e. The van der Waals surface area contributed by atoms with Crippen LogP contribution < -0.4 is 4.90 Å². The molecule has 2 aromatic heterocycles. The van der Waals surface area contributed by atoms with Crippen molar-refractivity contribution < 1.29 is 13.6 Å². The van der Waals surface area contributed by atoms with Crippen LogP contribution in [0.4, 0.5) is 14.7 Å². The van der Waals surface area contributed by atoms with Gasteiger partial charge in [0.05, 0.1) is 24.8 Å². The third kappa shape index (κ3) is 3.10. The van der Waals surface area contributed by atoms with Gasteiger partial charge in [-0.15, -0.1) is 0 Å². The number of aromatic nitrogens is 5. The Labute approximate surface area is 164 Å². The zero-order valence-corrected chi connectivity index (χ0v) is 15.3. The molecule has 8 nitrogen and oxygen atoms in total. The third-order valence-electron chi connectivity index (χ3n) is 5.50. The first-order valence-corrected chi connectivity index (χ1v) is 9.27. The maximum Gasteiger partial charge on any atom is 0.259 e. The third-order valence-corrected chi connectivity index (χ3v) is 5.50. The molecule has 29 heavy (non-hydrogen) atoms. The predicted molar refractivity (Wildman–Crippen MR) is 98.4 cm³/mol. The molecule has 2 aliphatic rings. The van der Waals surface area contributed by atoms with E-state index in [1.165, 1.54) is 29.3 Å². The number of amides is 1. The van der Waals surface area contributed by atoms with E-state index in [-0.39, 0.29) is 23.3 Å². The van der Waals surface area contributed by atoms with Gasteiger partial charge in [0.25, 0.3) is 5.91 Å². The van der Waals surface area contributed by atoms with Gasteiger partial charge in [-0.2, -0.15) is 15.0 Å². The van der Waals surface area contributed by atoms with E-state index < -0.39 is 11.6 Å². The fourth-order valence-corrected chi connectivity index (χ4v) is 4.18. The SMILES string of the molecule is O=C(c1c(F)cccc1-n1nccn1)N1CC2CN(c3ncc(F)cn3)CC2C1. The quantitative estimate of drug-likeness (QED) is 0.667. The van der Waals surface area contributed by atoms with Gasteiger partial charge in [0.2, 0.25) is 5.95 Å². The number of likely N-dealkylation sites (tertiary alicyclic amines) is 1. The molecular weight excluding hydrogens is 380 g/mol. The number of hydrogen-bond acceptors (Lipinski definition) is 6. The lowest BCUT2D eigenvalue weighted by Gasteiger charge is -2.22. The topological polar surface area (TPSA) is 80.0 Å². The summed E-state index contributed by atoms with van der Waals surface area (Å²) in [7, 11) is 0. The second kappa shape index (κ2) is 6.87. The summed E-state index contributed by atoms with van der Waals surface area (Å²) < 4.78 is 27.6. The molecule has 0 spiro atoms. The van der Waals surface area contributed by atoms with Crippen LogP contribution in [0.2, 0.25) is 0 Å². The molecule has 2 fully saturated rings. The Morgan fingerprint density at radius 1 is 0.966 bits per heavy atom. The number of anilines is 1. The van der Waals surface area contributed by atoms with Crippen molar-refractivity contribution in [1.82, 2.24) is 29.9 Å². The van der Waals surface area contributed by atoms with Gasteiger partial charge in [0.1, 0.15) is 17.1 Å². The monoisotopic (exact) mass is 397 g/mol. The van der Waals surface area contributed by atoms with Crippen LogP contribution in [0.1, 0.15) is 10.4 Å². The molecular formula is C19H17F2N7O. The summed E-state index contributed by atoms with van der Waals surface area (Å²) in [5.74, 6) is -0.494. The van der Waals surface area contributed by atoms with Crippen LogP contribution in [0.25, 0.3) is 5.69 Å². The number of benzene rings is 1. The van der Waals surface area contributed by atoms with Gasteiger partial charge < -0.3 is 9.80 Å². The second-order valence-corrected chi connectivity index (χ2v) is 7.29. The molecule has 2 unspecified atom stereocenters. The Morgan fingerprint density at radius 3 is 2.28 bits per heavy atom. The molecule has 0 bridgehead atoms. The van der Waals surface area contributed by atoms with Crippen molar-refractivity contribution in [3.63, 3.8) is 0 Å². The molecule has 2 saturated heterocycles. The molecule has 3 aromatic rings. The number of hydrogen-bond donors (Lipinski definition) is 0. The van der Waals surface area contributed by atoms with E-state index in [1.54, 1.807) is 11.0 Å². The summed E-state index contributed by atoms with van der Waals surface area (Å²) >= 11 is 0. The molecule has 1 aromatic carbocycles. The van der Waals surface area contributed by atoms with Gasteiger partial charge in [0, 0.05) is 38.0 Å². The van der Waals surface area contributed by atoms with Crippen LogP contribution in [-0.2, 0) is 0 Å². The van der Waals surface area contributed by atoms with E-state index in [2.05, 4.69) is 20.2 Å². The number of carbonyl (C=O) groups excluding carboxylic acids is 1. The van der Waals surface area contributed by atoms with Gasteiger partial charge in [-0.1, -0.05) is 6.07 Å². The number of carbonyl (C=O) groups is 1. The minimum Gasteiger partial charge on any atom is -0.340 e. The zero-order chi connectivity index (χ0) is 20.0. The Kier molecular flexibility index (Phi) is 4.18. The standard InChI is InChI=1S/C19H17F2N7O/c20-14-6-22-19(23-7-14)27-10-12-8-26(9-13(12)11-27)18(29)17-15(21)2-1-3-16(17)28-24-4-5-25-28/h1-7,12-13H,8-11H2. The summed E-state index contributed by atoms with van der Waals surface area (Å²) in [5, 5.41) is 8.05. The lowest BCUT2D eigenvalue weighted by Crippen LogP contribution is -2.34. The summed E-state index contributed by atoms with van der Waals surface area (Å²) in [6.07, 6.45) is 5.25. The fraction of sp³-hybridized carbons (Fsp3) is 0.316. The van der Waals surface area contributed by atoms with Crippen molar-refractivity contribution in [1.29, 1.82) is 0 Å². The van der Waals surface area contributed by atoms with Crippen molar-refractivity contribution in [3.05, 3.63) is 60.2 Å². The largest absolute Gasteiger partial charge is 0.340 e. The molecule has 2 aliphatic heterocycles. The highest BCUT2D eigenvalue weighted by molar-refractivity contribution is 5.98. The van der Waals surface area contributed by atoms with E-state index in [0.717, 1.165) is 12.4 Å². The number of rotatable bonds is 3. The highest BCUT2D eigenvalue weighted by Crippen LogP contribution is 2.34. The van der Waals surface area contributed by atoms with Crippen molar-refractivity contribution >= 4 is 11.9 Å². The lowest BCUT2D eigenvalue weighted by molar-refractivity contribution is 0.0777. The Morgan fingerprint density at radius 2 is 1.62 bits per heavy atom. The molecule has 1 amide bonds. The molecule has 5 rings (SSSR count). The van der Waals surface area contributed by atoms with Crippen LogP contribution in [0.15, 0.2) is 43.0 Å². The zero-order valence-electron chi connectivity index (χ0n) is 15.3. The van der Waals surface area contributed by atoms with Gasteiger partial charge in [-0.3, -0.25) is 4.79 Å². The average Bonchev–Trinajstić information content (AvgIpc) is 3.44. The van der Waals surface area contributed by atoms with Crippen molar-refractivity contribution in [2.75, 3.05) is 31.1 Å². The maximum absolute atomic E-state index is 14.6. The molecule has 0 aliphatic carbocycles. The first-order valence-electron chi connectivity index (χ1n) is 9.27. The van der Waals surface area contributed by atoms with Crippen molar-refractivity contribution in [2.24, 2.45) is 11.8 Å². The van der Waals surface area contributed by atoms with Crippen molar-refractivity contribution in [2.45, 2.75) is 0 Å². The van der Waals surface area contributed by atoms with Gasteiger partial charge >= 0.3 is 0 Å². The van der Waals surface area contributed by atoms with E-state index in [9.17, 15) is 13.6 Å². The second-order valence-electron chi connectivity index (χ2n) is 7.29. The Bertz CT molecular complexity index is 1030. The summed E-state index contributed by atoms with van der Waals surface area (Å²) in [6.45, 7) is 2.37. The predicted octanol–water partition coefficient (Wildman–Crippen LogP) is 1.54. The number of fused-ring (bicyclic) bond motifs is 1. The number of nitrogens with zero attached hydrogens (tertiary/aromatic N) is 7. The molecule has 0 N–H and O–H groups in total. The van der Waals surface area contributed by atoms with Gasteiger partial charge in [-0.05, 0) is 12.1 Å². The minimum atomic E-state index is -0.594. The van der Waals surface area contributed by atoms with Crippen LogP contribution in [0, 0.1) is 23.5 Å². The van der Waals surface area contributed by atoms with Gasteiger partial charge in [-0.25, -0.2) is 18.7 Å². The highest BCUT2D eigenvalue weighted by Gasteiger charge is 2.43. The summed E-state index contributed by atoms with van der Waals surface area (Å²) in [4.78, 5) is 26.1. The Hall–Kier alpha value is -3.43. The van der Waals surface area contributed by atoms with E-state index in [0.29, 0.717) is 37.8 Å². The van der Waals surface area contributed by atoms with E-state index in [1.807, 2.05) is 4.90 Å². The molecule has 10 heteroatoms. The first-order chi connectivity index (χ1) is 14.1. The minimum absolute atomic E-state index is 0.0256. The van der Waals surface area contributed by atoms with E-state index >= 15 is 0 Å². The normalized spacial score (nSPS) is 20.9. The van der Waals surface area contributed by atoms with Crippen molar-refractivity contribution in [3.8, 4) is 5.69 Å². The number of halogens is 2. The lowest BCUT2D eigenvalue weighted by atomic mass is 10.0. The average molecular weight is 397 g/mol.